The van der Waals surface area contributed by atoms with Crippen LogP contribution in [0.2, 0.25) is 0 Å². The van der Waals surface area contributed by atoms with E-state index in [-0.39, 0.29) is 11.5 Å². The Hall–Kier alpha value is -0.0800. The van der Waals surface area contributed by atoms with E-state index in [9.17, 15) is 0 Å². The Bertz CT molecular complexity index is 119. The van der Waals surface area contributed by atoms with Gasteiger partial charge in [-0.3, -0.25) is 0 Å². The molecule has 0 N–H and O–H groups in total. The van der Waals surface area contributed by atoms with Gasteiger partial charge in [-0.05, 0) is 5.92 Å². The van der Waals surface area contributed by atoms with Crippen LogP contribution in [0.15, 0.2) is 0 Å². The second-order valence-corrected chi connectivity index (χ2v) is 4.32. The highest BCUT2D eigenvalue weighted by Crippen LogP contribution is 2.28. The zero-order chi connectivity index (χ0) is 9.78. The van der Waals surface area contributed by atoms with Crippen molar-refractivity contribution in [2.75, 3.05) is 20.8 Å². The van der Waals surface area contributed by atoms with Gasteiger partial charge in [-0.2, -0.15) is 0 Å². The van der Waals surface area contributed by atoms with Crippen LogP contribution in [0.3, 0.4) is 0 Å². The molecular weight excluding hydrogens is 152 g/mol. The van der Waals surface area contributed by atoms with Gasteiger partial charge in [-0.25, -0.2) is 0 Å². The summed E-state index contributed by atoms with van der Waals surface area (Å²) >= 11 is 0. The third kappa shape index (κ3) is 3.11. The van der Waals surface area contributed by atoms with Gasteiger partial charge in [0.1, 0.15) is 0 Å². The van der Waals surface area contributed by atoms with Crippen LogP contribution in [0.5, 0.6) is 0 Å². The average molecular weight is 174 g/mol. The van der Waals surface area contributed by atoms with E-state index in [1.807, 2.05) is 0 Å². The van der Waals surface area contributed by atoms with Gasteiger partial charge in [-0.1, -0.05) is 27.7 Å². The molecule has 1 atom stereocenters. The summed E-state index contributed by atoms with van der Waals surface area (Å²) in [6.45, 7) is 9.43. The van der Waals surface area contributed by atoms with E-state index < -0.39 is 0 Å². The zero-order valence-electron chi connectivity index (χ0n) is 9.18. The molecule has 0 fully saturated rings. The number of hydrogen-bond donors (Lipinski definition) is 0. The zero-order valence-corrected chi connectivity index (χ0v) is 9.18. The monoisotopic (exact) mass is 174 g/mol. The predicted molar refractivity (Wildman–Crippen MR) is 51.3 cm³/mol. The average Bonchev–Trinajstić information content (AvgIpc) is 1.86. The minimum Gasteiger partial charge on any atom is -0.384 e. The van der Waals surface area contributed by atoms with Crippen molar-refractivity contribution in [1.82, 2.24) is 0 Å². The van der Waals surface area contributed by atoms with E-state index in [1.54, 1.807) is 14.2 Å². The largest absolute Gasteiger partial charge is 0.384 e. The number of rotatable bonds is 5. The van der Waals surface area contributed by atoms with E-state index in [0.29, 0.717) is 5.92 Å². The standard InChI is InChI=1S/C10H22O2/c1-8(2)9(12-6)10(3,4)7-11-5/h8-9H,7H2,1-6H3. The molecule has 2 nitrogen and oxygen atoms in total. The molecule has 0 aliphatic carbocycles. The summed E-state index contributed by atoms with van der Waals surface area (Å²) in [5.41, 5.74) is 0.0949. The fourth-order valence-corrected chi connectivity index (χ4v) is 1.95. The first-order chi connectivity index (χ1) is 5.45. The molecule has 0 heterocycles. The first kappa shape index (κ1) is 11.9. The number of hydrogen-bond acceptors (Lipinski definition) is 2. The Labute approximate surface area is 76.3 Å². The highest BCUT2D eigenvalue weighted by Gasteiger charge is 2.31. The van der Waals surface area contributed by atoms with Crippen molar-refractivity contribution >= 4 is 0 Å². The maximum atomic E-state index is 5.45. The van der Waals surface area contributed by atoms with Crippen LogP contribution < -0.4 is 0 Å². The first-order valence-corrected chi connectivity index (χ1v) is 4.47. The Balaban J connectivity index is 4.25. The molecule has 0 aromatic rings. The SMILES string of the molecule is COCC(C)(C)C(OC)C(C)C. The number of ether oxygens (including phenoxy) is 2. The Morgan fingerprint density at radius 1 is 1.17 bits per heavy atom. The van der Waals surface area contributed by atoms with Crippen molar-refractivity contribution in [2.45, 2.75) is 33.8 Å². The summed E-state index contributed by atoms with van der Waals surface area (Å²) < 4.78 is 10.6. The van der Waals surface area contributed by atoms with Crippen LogP contribution in [0, 0.1) is 11.3 Å². The molecule has 0 bridgehead atoms. The van der Waals surface area contributed by atoms with Crippen molar-refractivity contribution in [3.8, 4) is 0 Å². The summed E-state index contributed by atoms with van der Waals surface area (Å²) in [4.78, 5) is 0. The molecule has 0 rings (SSSR count). The highest BCUT2D eigenvalue weighted by molar-refractivity contribution is 4.80. The molecule has 2 heteroatoms. The van der Waals surface area contributed by atoms with E-state index in [1.165, 1.54) is 0 Å². The minimum absolute atomic E-state index is 0.0949. The topological polar surface area (TPSA) is 18.5 Å². The van der Waals surface area contributed by atoms with Crippen LogP contribution >= 0.6 is 0 Å². The van der Waals surface area contributed by atoms with Gasteiger partial charge in [-0.15, -0.1) is 0 Å². The van der Waals surface area contributed by atoms with Crippen molar-refractivity contribution in [1.29, 1.82) is 0 Å². The van der Waals surface area contributed by atoms with E-state index in [2.05, 4.69) is 27.7 Å². The predicted octanol–water partition coefficient (Wildman–Crippen LogP) is 2.33. The lowest BCUT2D eigenvalue weighted by Gasteiger charge is -2.35. The molecule has 0 radical (unpaired) electrons. The van der Waals surface area contributed by atoms with Crippen molar-refractivity contribution in [3.05, 3.63) is 0 Å². The third-order valence-corrected chi connectivity index (χ3v) is 2.15. The molecule has 0 aliphatic heterocycles. The second kappa shape index (κ2) is 4.83. The van der Waals surface area contributed by atoms with Crippen LogP contribution in [-0.2, 0) is 9.47 Å². The summed E-state index contributed by atoms with van der Waals surface area (Å²) in [5, 5.41) is 0. The summed E-state index contributed by atoms with van der Waals surface area (Å²) in [6.07, 6.45) is 0.262. The highest BCUT2D eigenvalue weighted by atomic mass is 16.5. The van der Waals surface area contributed by atoms with Crippen LogP contribution in [0.25, 0.3) is 0 Å². The van der Waals surface area contributed by atoms with Crippen LogP contribution in [0.1, 0.15) is 27.7 Å². The fourth-order valence-electron chi connectivity index (χ4n) is 1.95. The molecule has 0 amide bonds. The van der Waals surface area contributed by atoms with Crippen molar-refractivity contribution in [3.63, 3.8) is 0 Å². The third-order valence-electron chi connectivity index (χ3n) is 2.15. The molecule has 12 heavy (non-hydrogen) atoms. The summed E-state index contributed by atoms with van der Waals surface area (Å²) in [5.74, 6) is 0.528. The Morgan fingerprint density at radius 3 is 1.92 bits per heavy atom. The molecular formula is C10H22O2. The van der Waals surface area contributed by atoms with Gasteiger partial charge in [0, 0.05) is 19.6 Å². The minimum atomic E-state index is 0.0949. The van der Waals surface area contributed by atoms with E-state index >= 15 is 0 Å². The Kier molecular flexibility index (Phi) is 4.80. The van der Waals surface area contributed by atoms with E-state index in [4.69, 9.17) is 9.47 Å². The van der Waals surface area contributed by atoms with Gasteiger partial charge in [0.15, 0.2) is 0 Å². The van der Waals surface area contributed by atoms with Crippen LogP contribution in [0.4, 0.5) is 0 Å². The number of methoxy groups -OCH3 is 2. The van der Waals surface area contributed by atoms with Gasteiger partial charge in [0.2, 0.25) is 0 Å². The molecule has 0 aromatic heterocycles. The molecule has 0 aliphatic rings. The smallest absolute Gasteiger partial charge is 0.0667 e. The van der Waals surface area contributed by atoms with E-state index in [0.717, 1.165) is 6.61 Å². The fraction of sp³-hybridized carbons (Fsp3) is 1.00. The summed E-state index contributed by atoms with van der Waals surface area (Å²) in [7, 11) is 3.50. The lowest BCUT2D eigenvalue weighted by atomic mass is 9.81. The van der Waals surface area contributed by atoms with Gasteiger partial charge in [0.05, 0.1) is 12.7 Å². The molecule has 1 unspecified atom stereocenters. The molecule has 74 valence electrons. The van der Waals surface area contributed by atoms with Gasteiger partial charge in [0.25, 0.3) is 0 Å². The molecule has 0 saturated heterocycles. The lowest BCUT2D eigenvalue weighted by molar-refractivity contribution is -0.0585. The maximum Gasteiger partial charge on any atom is 0.0667 e. The van der Waals surface area contributed by atoms with Crippen molar-refractivity contribution in [2.24, 2.45) is 11.3 Å². The summed E-state index contributed by atoms with van der Waals surface area (Å²) in [6, 6.07) is 0. The second-order valence-electron chi connectivity index (χ2n) is 4.32. The Morgan fingerprint density at radius 2 is 1.67 bits per heavy atom. The first-order valence-electron chi connectivity index (χ1n) is 4.47. The quantitative estimate of drug-likeness (QED) is 0.637. The molecule has 0 aromatic carbocycles. The maximum absolute atomic E-state index is 5.45. The van der Waals surface area contributed by atoms with Crippen LogP contribution in [-0.4, -0.2) is 26.9 Å². The molecule has 0 spiro atoms. The normalized spacial score (nSPS) is 15.2. The van der Waals surface area contributed by atoms with Crippen molar-refractivity contribution < 1.29 is 9.47 Å². The van der Waals surface area contributed by atoms with Gasteiger partial charge < -0.3 is 9.47 Å². The van der Waals surface area contributed by atoms with Gasteiger partial charge >= 0.3 is 0 Å². The molecule has 0 saturated carbocycles. The lowest BCUT2D eigenvalue weighted by Crippen LogP contribution is -2.38.